The molecule has 0 saturated carbocycles. The Morgan fingerprint density at radius 2 is 1.18 bits per heavy atom. The summed E-state index contributed by atoms with van der Waals surface area (Å²) >= 11 is 7.46. The van der Waals surface area contributed by atoms with E-state index in [1.807, 2.05) is 0 Å². The Morgan fingerprint density at radius 3 is 1.76 bits per heavy atom. The van der Waals surface area contributed by atoms with Crippen LogP contribution in [0, 0.1) is 0 Å². The first kappa shape index (κ1) is 25.5. The van der Waals surface area contributed by atoms with Gasteiger partial charge in [-0.2, -0.15) is 0 Å². The Hall–Kier alpha value is -1.57. The number of pyridine rings is 1. The summed E-state index contributed by atoms with van der Waals surface area (Å²) in [7, 11) is 0. The molecule has 180 valence electrons. The molecule has 4 rings (SSSR count). The molecule has 0 atom stereocenters. The van der Waals surface area contributed by atoms with Crippen molar-refractivity contribution in [3.8, 4) is 0 Å². The van der Waals surface area contributed by atoms with E-state index in [1.165, 1.54) is 32.9 Å². The van der Waals surface area contributed by atoms with Gasteiger partial charge in [-0.15, -0.1) is 0 Å². The molecule has 0 radical (unpaired) electrons. The maximum atomic E-state index is 5.09. The number of aromatic nitrogens is 1. The highest BCUT2D eigenvalue weighted by Crippen LogP contribution is 2.21. The van der Waals surface area contributed by atoms with E-state index in [1.54, 1.807) is 0 Å². The molecule has 2 heterocycles. The first-order valence-electron chi connectivity index (χ1n) is 12.2. The normalized spacial score (nSPS) is 17.1. The van der Waals surface area contributed by atoms with E-state index in [0.29, 0.717) is 0 Å². The van der Waals surface area contributed by atoms with Crippen LogP contribution in [0.3, 0.4) is 0 Å². The quantitative estimate of drug-likeness (QED) is 0.385. The molecular weight excluding hydrogens is 552 g/mol. The van der Waals surface area contributed by atoms with Gasteiger partial charge in [0.1, 0.15) is 0 Å². The van der Waals surface area contributed by atoms with E-state index in [0.717, 1.165) is 70.2 Å². The average molecular weight is 586 g/mol. The highest BCUT2D eigenvalue weighted by Gasteiger charge is 2.14. The summed E-state index contributed by atoms with van der Waals surface area (Å²) in [6.45, 7) is 7.83. The van der Waals surface area contributed by atoms with Gasteiger partial charge in [0.05, 0.1) is 11.4 Å². The Morgan fingerprint density at radius 1 is 0.647 bits per heavy atom. The Balaban J connectivity index is 1.51. The number of halogens is 2. The highest BCUT2D eigenvalue weighted by molar-refractivity contribution is 9.10. The van der Waals surface area contributed by atoms with Crippen LogP contribution in [0.1, 0.15) is 41.8 Å². The number of hydrogen-bond donors (Lipinski definition) is 1. The van der Waals surface area contributed by atoms with Crippen molar-refractivity contribution >= 4 is 31.9 Å². The molecule has 6 heteroatoms. The molecule has 0 amide bonds. The van der Waals surface area contributed by atoms with Crippen molar-refractivity contribution in [3.05, 3.63) is 98.2 Å². The number of nitrogens with zero attached hydrogens (tertiary/aromatic N) is 3. The molecule has 3 aromatic rings. The van der Waals surface area contributed by atoms with Gasteiger partial charge in [-0.25, -0.2) is 0 Å². The second-order valence-electron chi connectivity index (χ2n) is 9.04. The summed E-state index contributed by atoms with van der Waals surface area (Å²) < 4.78 is 2.35. The van der Waals surface area contributed by atoms with E-state index in [4.69, 9.17) is 4.98 Å². The van der Waals surface area contributed by atoms with Crippen LogP contribution < -0.4 is 5.32 Å². The SMILES string of the molecule is Brc1ccccc1CN1CCCCNCCCN(Cc2ccccc2Br)Cc2cccc(n2)C1. The minimum Gasteiger partial charge on any atom is -0.317 e. The average Bonchev–Trinajstić information content (AvgIpc) is 2.83. The Labute approximate surface area is 221 Å². The largest absolute Gasteiger partial charge is 0.317 e. The van der Waals surface area contributed by atoms with Gasteiger partial charge in [-0.1, -0.05) is 74.3 Å². The van der Waals surface area contributed by atoms with Crippen LogP contribution >= 0.6 is 31.9 Å². The zero-order valence-electron chi connectivity index (χ0n) is 19.7. The zero-order chi connectivity index (χ0) is 23.6. The van der Waals surface area contributed by atoms with Crippen LogP contribution in [0.25, 0.3) is 0 Å². The lowest BCUT2D eigenvalue weighted by Crippen LogP contribution is -2.28. The van der Waals surface area contributed by atoms with Gasteiger partial charge in [-0.05, 0) is 74.3 Å². The predicted molar refractivity (Wildman–Crippen MR) is 147 cm³/mol. The molecule has 0 unspecified atom stereocenters. The van der Waals surface area contributed by atoms with Crippen molar-refractivity contribution in [3.63, 3.8) is 0 Å². The van der Waals surface area contributed by atoms with Crippen molar-refractivity contribution < 1.29 is 0 Å². The van der Waals surface area contributed by atoms with Crippen LogP contribution in [-0.4, -0.2) is 41.0 Å². The monoisotopic (exact) mass is 584 g/mol. The summed E-state index contributed by atoms with van der Waals surface area (Å²) in [6, 6.07) is 23.6. The van der Waals surface area contributed by atoms with Crippen LogP contribution in [0.4, 0.5) is 0 Å². The molecule has 4 nitrogen and oxygen atoms in total. The number of fused-ring (bicyclic) bond motifs is 2. The molecule has 2 bridgehead atoms. The maximum absolute atomic E-state index is 5.09. The summed E-state index contributed by atoms with van der Waals surface area (Å²) in [5.74, 6) is 0. The number of hydrogen-bond acceptors (Lipinski definition) is 4. The molecule has 1 aliphatic rings. The second kappa shape index (κ2) is 13.5. The van der Waals surface area contributed by atoms with Crippen LogP contribution in [-0.2, 0) is 26.2 Å². The van der Waals surface area contributed by atoms with E-state index in [-0.39, 0.29) is 0 Å². The predicted octanol–water partition coefficient (Wildman–Crippen LogP) is 6.38. The van der Waals surface area contributed by atoms with Crippen molar-refractivity contribution in [1.29, 1.82) is 0 Å². The molecule has 1 N–H and O–H groups in total. The van der Waals surface area contributed by atoms with Gasteiger partial charge in [0, 0.05) is 41.7 Å². The summed E-state index contributed by atoms with van der Waals surface area (Å²) in [6.07, 6.45) is 3.52. The van der Waals surface area contributed by atoms with Crippen molar-refractivity contribution in [1.82, 2.24) is 20.1 Å². The van der Waals surface area contributed by atoms with E-state index in [9.17, 15) is 0 Å². The first-order chi connectivity index (χ1) is 16.7. The van der Waals surface area contributed by atoms with Gasteiger partial charge in [-0.3, -0.25) is 14.8 Å². The van der Waals surface area contributed by atoms with E-state index in [2.05, 4.69) is 114 Å². The summed E-state index contributed by atoms with van der Waals surface area (Å²) in [5.41, 5.74) is 4.95. The fraction of sp³-hybridized carbons (Fsp3) is 0.393. The lowest BCUT2D eigenvalue weighted by Gasteiger charge is -2.24. The zero-order valence-corrected chi connectivity index (χ0v) is 22.9. The van der Waals surface area contributed by atoms with Crippen molar-refractivity contribution in [2.45, 2.75) is 45.4 Å². The number of nitrogens with one attached hydrogen (secondary N) is 1. The van der Waals surface area contributed by atoms with Crippen LogP contribution in [0.2, 0.25) is 0 Å². The second-order valence-corrected chi connectivity index (χ2v) is 10.7. The third-order valence-electron chi connectivity index (χ3n) is 6.25. The molecule has 0 saturated heterocycles. The lowest BCUT2D eigenvalue weighted by molar-refractivity contribution is 0.245. The van der Waals surface area contributed by atoms with Gasteiger partial charge in [0.25, 0.3) is 0 Å². The fourth-order valence-electron chi connectivity index (χ4n) is 4.46. The lowest BCUT2D eigenvalue weighted by atomic mass is 10.2. The third-order valence-corrected chi connectivity index (χ3v) is 7.79. The van der Waals surface area contributed by atoms with Gasteiger partial charge in [0.15, 0.2) is 0 Å². The van der Waals surface area contributed by atoms with Crippen LogP contribution in [0.5, 0.6) is 0 Å². The molecular formula is C28H34Br2N4. The Kier molecular flexibility index (Phi) is 10.1. The Bertz CT molecular complexity index is 963. The first-order valence-corrected chi connectivity index (χ1v) is 13.8. The minimum atomic E-state index is 0.861. The van der Waals surface area contributed by atoms with E-state index < -0.39 is 0 Å². The third kappa shape index (κ3) is 7.99. The molecule has 0 spiro atoms. The van der Waals surface area contributed by atoms with Crippen molar-refractivity contribution in [2.24, 2.45) is 0 Å². The number of benzene rings is 2. The molecule has 34 heavy (non-hydrogen) atoms. The minimum absolute atomic E-state index is 0.861. The van der Waals surface area contributed by atoms with Crippen molar-refractivity contribution in [2.75, 3.05) is 26.2 Å². The summed E-state index contributed by atoms with van der Waals surface area (Å²) in [5, 5.41) is 3.65. The molecule has 0 fully saturated rings. The molecule has 1 aliphatic heterocycles. The van der Waals surface area contributed by atoms with Gasteiger partial charge in [0.2, 0.25) is 0 Å². The standard InChI is InChI=1S/C28H34Br2N4/c29-27-13-3-1-9-23(27)19-33-17-6-5-15-31-16-8-18-34(20-24-10-2-4-14-28(24)30)22-26-12-7-11-25(21-33)32-26/h1-4,7,9-14,31H,5-6,8,15-22H2. The fourth-order valence-corrected chi connectivity index (χ4v) is 5.29. The maximum Gasteiger partial charge on any atom is 0.0548 e. The summed E-state index contributed by atoms with van der Waals surface area (Å²) in [4.78, 5) is 10.1. The molecule has 1 aromatic heterocycles. The van der Waals surface area contributed by atoms with Gasteiger partial charge < -0.3 is 5.32 Å². The van der Waals surface area contributed by atoms with Gasteiger partial charge >= 0.3 is 0 Å². The van der Waals surface area contributed by atoms with Crippen LogP contribution in [0.15, 0.2) is 75.7 Å². The molecule has 2 aromatic carbocycles. The number of rotatable bonds is 4. The highest BCUT2D eigenvalue weighted by atomic mass is 79.9. The topological polar surface area (TPSA) is 31.4 Å². The smallest absolute Gasteiger partial charge is 0.0548 e. The van der Waals surface area contributed by atoms with E-state index >= 15 is 0 Å². The molecule has 0 aliphatic carbocycles.